The van der Waals surface area contributed by atoms with Crippen LogP contribution in [-0.2, 0) is 33.3 Å². The first-order chi connectivity index (χ1) is 24.6. The number of carboxylic acids is 1. The summed E-state index contributed by atoms with van der Waals surface area (Å²) >= 11 is 0. The minimum Gasteiger partial charge on any atom is -0.545 e. The van der Waals surface area contributed by atoms with Crippen LogP contribution in [0.3, 0.4) is 0 Å². The highest BCUT2D eigenvalue weighted by Gasteiger charge is 2.21. The Morgan fingerprint density at radius 2 is 1.02 bits per heavy atom. The number of unbranched alkanes of at least 4 members (excludes halogenated alkanes) is 18. The van der Waals surface area contributed by atoms with E-state index < -0.39 is 24.3 Å². The Bertz CT molecular complexity index is 898. The standard InChI is InChI=1S/C42H77NO8/c1-6-8-10-12-14-16-18-19-20-21-23-25-27-29-31-33-40(45)51-38(37-50-42(41(46)47)48-35-34-43(3,4)5)36-49-39(44)32-30-28-26-24-22-17-15-13-11-9-7-2/h13,15,19-20,38,42H,6-12,14,16-18,21-37H2,1-5H3/b15-13-,20-19-. The van der Waals surface area contributed by atoms with Gasteiger partial charge in [0, 0.05) is 12.8 Å². The van der Waals surface area contributed by atoms with Crippen molar-refractivity contribution in [2.24, 2.45) is 0 Å². The van der Waals surface area contributed by atoms with E-state index in [0.717, 1.165) is 77.0 Å². The Morgan fingerprint density at radius 3 is 1.51 bits per heavy atom. The summed E-state index contributed by atoms with van der Waals surface area (Å²) in [6, 6.07) is 0. The van der Waals surface area contributed by atoms with E-state index in [1.165, 1.54) is 57.8 Å². The lowest BCUT2D eigenvalue weighted by Crippen LogP contribution is -2.44. The number of ether oxygens (including phenoxy) is 4. The first kappa shape index (κ1) is 48.8. The number of esters is 2. The number of allylic oxidation sites excluding steroid dienone is 4. The van der Waals surface area contributed by atoms with Gasteiger partial charge < -0.3 is 33.3 Å². The molecule has 0 heterocycles. The molecule has 0 amide bonds. The first-order valence-electron chi connectivity index (χ1n) is 20.5. The predicted octanol–water partition coefficient (Wildman–Crippen LogP) is 8.77. The third-order valence-corrected chi connectivity index (χ3v) is 8.67. The highest BCUT2D eigenvalue weighted by molar-refractivity contribution is 5.70. The van der Waals surface area contributed by atoms with E-state index in [4.69, 9.17) is 18.9 Å². The number of nitrogens with zero attached hydrogens (tertiary/aromatic N) is 1. The predicted molar refractivity (Wildman–Crippen MR) is 205 cm³/mol. The lowest BCUT2D eigenvalue weighted by molar-refractivity contribution is -0.870. The van der Waals surface area contributed by atoms with E-state index >= 15 is 0 Å². The van der Waals surface area contributed by atoms with Gasteiger partial charge in [-0.1, -0.05) is 122 Å². The number of quaternary nitrogens is 1. The van der Waals surface area contributed by atoms with E-state index in [-0.39, 0.29) is 38.6 Å². The van der Waals surface area contributed by atoms with Gasteiger partial charge in [-0.25, -0.2) is 0 Å². The number of carboxylic acid groups (broad SMARTS) is 1. The van der Waals surface area contributed by atoms with Crippen molar-refractivity contribution in [1.82, 2.24) is 0 Å². The van der Waals surface area contributed by atoms with E-state index in [2.05, 4.69) is 38.2 Å². The number of hydrogen-bond acceptors (Lipinski definition) is 8. The Labute approximate surface area is 312 Å². The Hall–Kier alpha value is -2.23. The molecule has 9 nitrogen and oxygen atoms in total. The molecule has 0 radical (unpaired) electrons. The molecule has 51 heavy (non-hydrogen) atoms. The van der Waals surface area contributed by atoms with Gasteiger partial charge in [0.1, 0.15) is 13.2 Å². The Morgan fingerprint density at radius 1 is 0.569 bits per heavy atom. The monoisotopic (exact) mass is 724 g/mol. The van der Waals surface area contributed by atoms with Crippen LogP contribution in [0.4, 0.5) is 0 Å². The SMILES string of the molecule is CCCC/C=C\CCCCCCCC(=O)OCC(COC(OCC[N+](C)(C)C)C(=O)[O-])OC(=O)CCCCCCC/C=C\CCCCCCCC. The molecule has 0 bridgehead atoms. The number of hydrogen-bond donors (Lipinski definition) is 0. The summed E-state index contributed by atoms with van der Waals surface area (Å²) in [6.07, 6.45) is 32.1. The summed E-state index contributed by atoms with van der Waals surface area (Å²) in [5.41, 5.74) is 0. The van der Waals surface area contributed by atoms with Crippen molar-refractivity contribution in [3.63, 3.8) is 0 Å². The first-order valence-corrected chi connectivity index (χ1v) is 20.5. The molecule has 0 aliphatic carbocycles. The number of rotatable bonds is 37. The van der Waals surface area contributed by atoms with Crippen LogP contribution in [0.5, 0.6) is 0 Å². The van der Waals surface area contributed by atoms with Crippen LogP contribution in [0.2, 0.25) is 0 Å². The van der Waals surface area contributed by atoms with Gasteiger partial charge in [-0.15, -0.1) is 0 Å². The molecular formula is C42H77NO8. The van der Waals surface area contributed by atoms with Crippen molar-refractivity contribution in [3.05, 3.63) is 24.3 Å². The van der Waals surface area contributed by atoms with Crippen molar-refractivity contribution < 1.29 is 42.9 Å². The second kappa shape index (κ2) is 34.8. The van der Waals surface area contributed by atoms with Gasteiger partial charge in [0.05, 0.1) is 40.3 Å². The third kappa shape index (κ3) is 35.9. The zero-order valence-corrected chi connectivity index (χ0v) is 33.5. The fourth-order valence-corrected chi connectivity index (χ4v) is 5.39. The molecule has 0 aliphatic heterocycles. The second-order valence-corrected chi connectivity index (χ2v) is 14.9. The van der Waals surface area contributed by atoms with Crippen molar-refractivity contribution in [2.45, 2.75) is 180 Å². The molecule has 0 saturated carbocycles. The van der Waals surface area contributed by atoms with Gasteiger partial charge in [0.25, 0.3) is 0 Å². The Kier molecular flexibility index (Phi) is 33.3. The zero-order valence-electron chi connectivity index (χ0n) is 33.5. The van der Waals surface area contributed by atoms with Crippen LogP contribution in [-0.4, -0.2) is 82.3 Å². The van der Waals surface area contributed by atoms with Crippen molar-refractivity contribution in [2.75, 3.05) is 47.5 Å². The molecule has 0 aromatic heterocycles. The zero-order chi connectivity index (χ0) is 37.8. The second-order valence-electron chi connectivity index (χ2n) is 14.9. The Balaban J connectivity index is 4.52. The smallest absolute Gasteiger partial charge is 0.306 e. The van der Waals surface area contributed by atoms with Crippen LogP contribution in [0.1, 0.15) is 168 Å². The molecule has 9 heteroatoms. The number of aliphatic carboxylic acids is 1. The van der Waals surface area contributed by atoms with Gasteiger partial charge >= 0.3 is 11.9 Å². The molecule has 0 fully saturated rings. The largest absolute Gasteiger partial charge is 0.545 e. The lowest BCUT2D eigenvalue weighted by Gasteiger charge is -2.26. The fourth-order valence-electron chi connectivity index (χ4n) is 5.39. The van der Waals surface area contributed by atoms with E-state index in [9.17, 15) is 19.5 Å². The molecule has 298 valence electrons. The molecule has 2 unspecified atom stereocenters. The minimum atomic E-state index is -1.62. The molecule has 0 aliphatic rings. The average Bonchev–Trinajstić information content (AvgIpc) is 3.08. The minimum absolute atomic E-state index is 0.146. The van der Waals surface area contributed by atoms with Crippen molar-refractivity contribution in [3.8, 4) is 0 Å². The maximum atomic E-state index is 12.7. The van der Waals surface area contributed by atoms with Crippen LogP contribution in [0, 0.1) is 0 Å². The quantitative estimate of drug-likeness (QED) is 0.0206. The van der Waals surface area contributed by atoms with Crippen LogP contribution in [0.25, 0.3) is 0 Å². The highest BCUT2D eigenvalue weighted by atomic mass is 16.7. The van der Waals surface area contributed by atoms with E-state index in [1.807, 2.05) is 21.1 Å². The molecule has 0 rings (SSSR count). The van der Waals surface area contributed by atoms with E-state index in [0.29, 0.717) is 17.4 Å². The van der Waals surface area contributed by atoms with Crippen molar-refractivity contribution in [1.29, 1.82) is 0 Å². The van der Waals surface area contributed by atoms with Gasteiger partial charge in [0.15, 0.2) is 12.4 Å². The summed E-state index contributed by atoms with van der Waals surface area (Å²) in [5.74, 6) is -2.31. The van der Waals surface area contributed by atoms with Gasteiger partial charge in [0.2, 0.25) is 0 Å². The van der Waals surface area contributed by atoms with Gasteiger partial charge in [-0.2, -0.15) is 0 Å². The molecule has 0 N–H and O–H groups in total. The molecule has 0 aromatic rings. The molecular weight excluding hydrogens is 646 g/mol. The molecule has 0 spiro atoms. The average molecular weight is 724 g/mol. The molecule has 2 atom stereocenters. The van der Waals surface area contributed by atoms with Crippen molar-refractivity contribution >= 4 is 17.9 Å². The summed E-state index contributed by atoms with van der Waals surface area (Å²) < 4.78 is 22.4. The summed E-state index contributed by atoms with van der Waals surface area (Å²) in [5, 5.41) is 11.6. The highest BCUT2D eigenvalue weighted by Crippen LogP contribution is 2.13. The van der Waals surface area contributed by atoms with Gasteiger partial charge in [-0.05, 0) is 57.8 Å². The van der Waals surface area contributed by atoms with Gasteiger partial charge in [-0.3, -0.25) is 9.59 Å². The maximum Gasteiger partial charge on any atom is 0.306 e. The summed E-state index contributed by atoms with van der Waals surface area (Å²) in [4.78, 5) is 36.8. The fraction of sp³-hybridized carbons (Fsp3) is 0.833. The molecule has 0 saturated heterocycles. The normalized spacial score (nSPS) is 13.2. The van der Waals surface area contributed by atoms with E-state index in [1.54, 1.807) is 0 Å². The molecule has 0 aromatic carbocycles. The number of likely N-dealkylation sites (N-methyl/N-ethyl adjacent to an activating group) is 1. The summed E-state index contributed by atoms with van der Waals surface area (Å²) in [7, 11) is 5.89. The lowest BCUT2D eigenvalue weighted by atomic mass is 10.1. The van der Waals surface area contributed by atoms with Crippen LogP contribution >= 0.6 is 0 Å². The maximum absolute atomic E-state index is 12.7. The topological polar surface area (TPSA) is 111 Å². The number of carbonyl (C=O) groups is 3. The number of carbonyl (C=O) groups excluding carboxylic acids is 3. The van der Waals surface area contributed by atoms with Crippen LogP contribution < -0.4 is 5.11 Å². The summed E-state index contributed by atoms with van der Waals surface area (Å²) in [6.45, 7) is 4.66. The third-order valence-electron chi connectivity index (χ3n) is 8.67. The van der Waals surface area contributed by atoms with Crippen LogP contribution in [0.15, 0.2) is 24.3 Å².